The Balaban J connectivity index is 1.96. The molecule has 0 aromatic carbocycles. The predicted molar refractivity (Wildman–Crippen MR) is 209 cm³/mol. The molecule has 0 radical (unpaired) electrons. The van der Waals surface area contributed by atoms with Crippen molar-refractivity contribution in [2.24, 2.45) is 11.8 Å². The first kappa shape index (κ1) is 46.8. The van der Waals surface area contributed by atoms with Crippen LogP contribution >= 0.6 is 0 Å². The first-order valence-corrected chi connectivity index (χ1v) is 21.1. The van der Waals surface area contributed by atoms with Crippen molar-refractivity contribution in [2.45, 2.75) is 199 Å². The number of hydrogen-bond donors (Lipinski definition) is 2. The monoisotopic (exact) mass is 717 g/mol. The van der Waals surface area contributed by atoms with E-state index in [4.69, 9.17) is 9.47 Å². The normalized spacial score (nSPS) is 17.1. The molecule has 0 aliphatic heterocycles. The lowest BCUT2D eigenvalue weighted by Gasteiger charge is -2.13. The number of carbonyl (C=O) groups is 3. The van der Waals surface area contributed by atoms with Crippen LogP contribution in [0, 0.1) is 11.8 Å². The van der Waals surface area contributed by atoms with E-state index in [0.717, 1.165) is 51.4 Å². The Morgan fingerprint density at radius 2 is 1.14 bits per heavy atom. The molecule has 2 N–H and O–H groups in total. The molecule has 0 spiro atoms. The molecule has 0 aromatic heterocycles. The minimum Gasteiger partial charge on any atom is -0.463 e. The van der Waals surface area contributed by atoms with Crippen LogP contribution in [0.4, 0.5) is 0 Å². The number of ether oxygens (including phenoxy) is 2. The average Bonchev–Trinajstić information content (AvgIpc) is 3.48. The maximum atomic E-state index is 12.3. The first-order valence-electron chi connectivity index (χ1n) is 21.1. The van der Waals surface area contributed by atoms with Crippen LogP contribution < -0.4 is 0 Å². The lowest BCUT2D eigenvalue weighted by molar-refractivity contribution is -0.152. The van der Waals surface area contributed by atoms with Gasteiger partial charge in [-0.3, -0.25) is 14.4 Å². The molecule has 0 fully saturated rings. The van der Waals surface area contributed by atoms with Gasteiger partial charge in [0.1, 0.15) is 19.3 Å². The summed E-state index contributed by atoms with van der Waals surface area (Å²) in [7, 11) is 0. The van der Waals surface area contributed by atoms with Crippen LogP contribution in [0.2, 0.25) is 0 Å². The van der Waals surface area contributed by atoms with Crippen molar-refractivity contribution in [1.82, 2.24) is 0 Å². The second kappa shape index (κ2) is 33.6. The summed E-state index contributed by atoms with van der Waals surface area (Å²) in [6, 6.07) is 0. The van der Waals surface area contributed by atoms with E-state index in [1.807, 2.05) is 24.3 Å². The Hall–Kier alpha value is -2.25. The number of hydrogen-bond acceptors (Lipinski definition) is 7. The van der Waals surface area contributed by atoms with Gasteiger partial charge in [-0.05, 0) is 44.1 Å². The third kappa shape index (κ3) is 28.0. The molecule has 51 heavy (non-hydrogen) atoms. The Morgan fingerprint density at radius 1 is 0.667 bits per heavy atom. The predicted octanol–water partition coefficient (Wildman–Crippen LogP) is 10.9. The van der Waals surface area contributed by atoms with Crippen LogP contribution in [0.5, 0.6) is 0 Å². The molecule has 0 aromatic rings. The molecular weight excluding hydrogens is 640 g/mol. The van der Waals surface area contributed by atoms with Crippen molar-refractivity contribution in [3.05, 3.63) is 36.5 Å². The standard InChI is InChI=1S/C44H76O7/c1-3-5-7-8-9-10-11-12-13-14-15-16-17-18-19-20-21-26-30-43(48)50-36-40(46)37-51-44(49)31-27-23-22-25-28-38-32-35-42(47)41(38)34-33-39(45)29-24-6-4-2/h22,25,32-35,38-41,45-46H,3-21,23-24,26-31,36-37H2,1-2H3/b25-22-,34-33+/t38-,39-,40-,41+/m0/s1. The van der Waals surface area contributed by atoms with Crippen molar-refractivity contribution in [1.29, 1.82) is 0 Å². The van der Waals surface area contributed by atoms with Gasteiger partial charge in [-0.2, -0.15) is 0 Å². The smallest absolute Gasteiger partial charge is 0.305 e. The van der Waals surface area contributed by atoms with E-state index in [2.05, 4.69) is 13.8 Å². The highest BCUT2D eigenvalue weighted by atomic mass is 16.6. The summed E-state index contributed by atoms with van der Waals surface area (Å²) in [6.45, 7) is 4.05. The number of rotatable bonds is 35. The molecular formula is C44H76O7. The Bertz CT molecular complexity index is 955. The molecule has 4 atom stereocenters. The summed E-state index contributed by atoms with van der Waals surface area (Å²) in [5, 5.41) is 20.2. The van der Waals surface area contributed by atoms with Gasteiger partial charge in [0.05, 0.1) is 6.10 Å². The summed E-state index contributed by atoms with van der Waals surface area (Å²) in [5.74, 6) is -0.782. The first-order chi connectivity index (χ1) is 24.9. The van der Waals surface area contributed by atoms with Crippen molar-refractivity contribution in [3.63, 3.8) is 0 Å². The van der Waals surface area contributed by atoms with Crippen molar-refractivity contribution in [2.75, 3.05) is 13.2 Å². The van der Waals surface area contributed by atoms with Gasteiger partial charge in [-0.15, -0.1) is 0 Å². The molecule has 0 amide bonds. The molecule has 1 rings (SSSR count). The van der Waals surface area contributed by atoms with E-state index in [-0.39, 0.29) is 49.2 Å². The topological polar surface area (TPSA) is 110 Å². The molecule has 0 bridgehead atoms. The molecule has 0 saturated heterocycles. The van der Waals surface area contributed by atoms with Gasteiger partial charge in [0.25, 0.3) is 0 Å². The molecule has 7 heteroatoms. The molecule has 294 valence electrons. The summed E-state index contributed by atoms with van der Waals surface area (Å²) in [4.78, 5) is 36.4. The highest BCUT2D eigenvalue weighted by molar-refractivity contribution is 5.95. The van der Waals surface area contributed by atoms with Gasteiger partial charge in [0.2, 0.25) is 0 Å². The van der Waals surface area contributed by atoms with Gasteiger partial charge < -0.3 is 19.7 Å². The number of esters is 2. The zero-order valence-electron chi connectivity index (χ0n) is 32.7. The minimum atomic E-state index is -1.03. The third-order valence-corrected chi connectivity index (χ3v) is 9.88. The van der Waals surface area contributed by atoms with Crippen LogP contribution in [0.1, 0.15) is 187 Å². The fourth-order valence-electron chi connectivity index (χ4n) is 6.55. The van der Waals surface area contributed by atoms with Gasteiger partial charge in [-0.1, -0.05) is 173 Å². The lowest BCUT2D eigenvalue weighted by atomic mass is 9.90. The maximum Gasteiger partial charge on any atom is 0.305 e. The van der Waals surface area contributed by atoms with E-state index in [9.17, 15) is 24.6 Å². The largest absolute Gasteiger partial charge is 0.463 e. The maximum absolute atomic E-state index is 12.3. The van der Waals surface area contributed by atoms with E-state index < -0.39 is 12.2 Å². The fraction of sp³-hybridized carbons (Fsp3) is 0.795. The van der Waals surface area contributed by atoms with Crippen LogP contribution in [0.3, 0.4) is 0 Å². The van der Waals surface area contributed by atoms with E-state index in [1.165, 1.54) is 96.3 Å². The average molecular weight is 717 g/mol. The Labute approximate surface area is 312 Å². The molecule has 7 nitrogen and oxygen atoms in total. The highest BCUT2D eigenvalue weighted by Crippen LogP contribution is 2.27. The van der Waals surface area contributed by atoms with E-state index in [1.54, 1.807) is 12.2 Å². The number of unbranched alkanes of at least 4 members (excludes halogenated alkanes) is 20. The SMILES string of the molecule is CCCCCCCCCCCCCCCCCCCCC(=O)OC[C@H](O)COC(=O)CCC/C=C\C[C@H]1C=CC(=O)[C@@H]1/C=C/[C@@H](O)CCCCC. The summed E-state index contributed by atoms with van der Waals surface area (Å²) >= 11 is 0. The fourth-order valence-corrected chi connectivity index (χ4v) is 6.55. The van der Waals surface area contributed by atoms with Crippen molar-refractivity contribution >= 4 is 17.7 Å². The van der Waals surface area contributed by atoms with Gasteiger partial charge in [0.15, 0.2) is 5.78 Å². The molecule has 1 aliphatic rings. The van der Waals surface area contributed by atoms with Crippen LogP contribution in [-0.2, 0) is 23.9 Å². The number of aliphatic hydroxyl groups excluding tert-OH is 2. The number of allylic oxidation sites excluding steroid dienone is 5. The van der Waals surface area contributed by atoms with Crippen LogP contribution in [-0.4, -0.2) is 53.4 Å². The number of ketones is 1. The number of carbonyl (C=O) groups excluding carboxylic acids is 3. The highest BCUT2D eigenvalue weighted by Gasteiger charge is 2.27. The molecule has 0 heterocycles. The van der Waals surface area contributed by atoms with Gasteiger partial charge in [-0.25, -0.2) is 0 Å². The zero-order chi connectivity index (χ0) is 37.2. The Morgan fingerprint density at radius 3 is 1.67 bits per heavy atom. The molecule has 1 aliphatic carbocycles. The van der Waals surface area contributed by atoms with E-state index in [0.29, 0.717) is 19.3 Å². The molecule has 0 unspecified atom stereocenters. The second-order valence-electron chi connectivity index (χ2n) is 14.8. The number of aliphatic hydroxyl groups is 2. The Kier molecular flexibility index (Phi) is 30.8. The van der Waals surface area contributed by atoms with Gasteiger partial charge in [0, 0.05) is 18.8 Å². The third-order valence-electron chi connectivity index (χ3n) is 9.88. The zero-order valence-corrected chi connectivity index (χ0v) is 32.7. The quantitative estimate of drug-likeness (QED) is 0.0381. The minimum absolute atomic E-state index is 0.0749. The second-order valence-corrected chi connectivity index (χ2v) is 14.8. The van der Waals surface area contributed by atoms with Crippen molar-refractivity contribution in [3.8, 4) is 0 Å². The van der Waals surface area contributed by atoms with Gasteiger partial charge >= 0.3 is 11.9 Å². The van der Waals surface area contributed by atoms with Crippen LogP contribution in [0.25, 0.3) is 0 Å². The molecule has 0 saturated carbocycles. The van der Waals surface area contributed by atoms with Crippen LogP contribution in [0.15, 0.2) is 36.5 Å². The summed E-state index contributed by atoms with van der Waals surface area (Å²) < 4.78 is 10.3. The lowest BCUT2D eigenvalue weighted by Crippen LogP contribution is -2.25. The van der Waals surface area contributed by atoms with Crippen molar-refractivity contribution < 1.29 is 34.1 Å². The summed E-state index contributed by atoms with van der Waals surface area (Å²) in [5.41, 5.74) is 0. The van der Waals surface area contributed by atoms with E-state index >= 15 is 0 Å². The summed E-state index contributed by atoms with van der Waals surface area (Å²) in [6.07, 6.45) is 39.7.